The van der Waals surface area contributed by atoms with Gasteiger partial charge in [-0.2, -0.15) is 0 Å². The quantitative estimate of drug-likeness (QED) is 0.540. The van der Waals surface area contributed by atoms with Crippen molar-refractivity contribution in [3.8, 4) is 5.75 Å². The van der Waals surface area contributed by atoms with Gasteiger partial charge in [0.2, 0.25) is 0 Å². The van der Waals surface area contributed by atoms with Crippen molar-refractivity contribution in [1.82, 2.24) is 5.32 Å². The minimum atomic E-state index is -3.89. The van der Waals surface area contributed by atoms with Gasteiger partial charge < -0.3 is 10.1 Å². The van der Waals surface area contributed by atoms with Gasteiger partial charge in [-0.3, -0.25) is 9.52 Å². The maximum Gasteiger partial charge on any atom is 0.261 e. The molecule has 1 atom stereocenters. The number of rotatable bonds is 8. The first-order valence-corrected chi connectivity index (χ1v) is 11.5. The van der Waals surface area contributed by atoms with Crippen LogP contribution in [0.4, 0.5) is 5.69 Å². The second-order valence-corrected chi connectivity index (χ2v) is 8.77. The van der Waals surface area contributed by atoms with E-state index < -0.39 is 10.0 Å². The van der Waals surface area contributed by atoms with E-state index in [0.717, 1.165) is 11.1 Å². The van der Waals surface area contributed by atoms with E-state index in [4.69, 9.17) is 4.74 Å². The summed E-state index contributed by atoms with van der Waals surface area (Å²) in [5, 5.41) is 2.92. The third-order valence-electron chi connectivity index (χ3n) is 5.01. The van der Waals surface area contributed by atoms with Crippen molar-refractivity contribution in [2.75, 3.05) is 11.8 Å². The molecule has 6 nitrogen and oxygen atoms in total. The summed E-state index contributed by atoms with van der Waals surface area (Å²) >= 11 is 0. The molecule has 0 aliphatic carbocycles. The highest BCUT2D eigenvalue weighted by Crippen LogP contribution is 2.26. The molecule has 2 N–H and O–H groups in total. The highest BCUT2D eigenvalue weighted by molar-refractivity contribution is 7.92. The summed E-state index contributed by atoms with van der Waals surface area (Å²) < 4.78 is 33.8. The number of benzene rings is 3. The number of carbonyl (C=O) groups excluding carboxylic acids is 1. The van der Waals surface area contributed by atoms with Gasteiger partial charge in [0.05, 0.1) is 29.3 Å². The number of anilines is 1. The summed E-state index contributed by atoms with van der Waals surface area (Å²) in [5.41, 5.74) is 2.21. The van der Waals surface area contributed by atoms with Gasteiger partial charge in [-0.15, -0.1) is 0 Å². The molecule has 0 aliphatic rings. The molecule has 0 fully saturated rings. The van der Waals surface area contributed by atoms with E-state index in [0.29, 0.717) is 12.2 Å². The Bertz CT molecular complexity index is 1160. The summed E-state index contributed by atoms with van der Waals surface area (Å²) in [6, 6.07) is 20.6. The van der Waals surface area contributed by atoms with Crippen molar-refractivity contribution in [3.63, 3.8) is 0 Å². The number of carbonyl (C=O) groups is 1. The summed E-state index contributed by atoms with van der Waals surface area (Å²) in [5.74, 6) is 0.273. The molecule has 1 amide bonds. The molecule has 3 aromatic carbocycles. The molecule has 31 heavy (non-hydrogen) atoms. The van der Waals surface area contributed by atoms with Crippen LogP contribution in [0.15, 0.2) is 77.7 Å². The van der Waals surface area contributed by atoms with Gasteiger partial charge >= 0.3 is 0 Å². The zero-order valence-electron chi connectivity index (χ0n) is 17.8. The van der Waals surface area contributed by atoms with Crippen LogP contribution in [0.2, 0.25) is 0 Å². The second-order valence-electron chi connectivity index (χ2n) is 7.08. The molecular formula is C24H26N2O4S. The first kappa shape index (κ1) is 22.4. The number of nitrogens with one attached hydrogen (secondary N) is 2. The van der Waals surface area contributed by atoms with Crippen LogP contribution in [0.3, 0.4) is 0 Å². The topological polar surface area (TPSA) is 84.5 Å². The van der Waals surface area contributed by atoms with Gasteiger partial charge in [0.15, 0.2) is 0 Å². The largest absolute Gasteiger partial charge is 0.496 e. The molecule has 3 rings (SSSR count). The van der Waals surface area contributed by atoms with Crippen LogP contribution in [0.1, 0.15) is 41.4 Å². The Morgan fingerprint density at radius 1 is 1.00 bits per heavy atom. The normalized spacial score (nSPS) is 12.1. The lowest BCUT2D eigenvalue weighted by Gasteiger charge is -2.17. The molecule has 1 unspecified atom stereocenters. The van der Waals surface area contributed by atoms with E-state index >= 15 is 0 Å². The zero-order chi connectivity index (χ0) is 22.4. The lowest BCUT2D eigenvalue weighted by molar-refractivity contribution is 0.0941. The molecule has 3 aromatic rings. The number of aryl methyl sites for hydroxylation is 1. The highest BCUT2D eigenvalue weighted by atomic mass is 32.2. The molecule has 0 aromatic heterocycles. The van der Waals surface area contributed by atoms with E-state index in [1.807, 2.05) is 44.2 Å². The maximum atomic E-state index is 13.0. The van der Waals surface area contributed by atoms with Gasteiger partial charge in [0.1, 0.15) is 5.75 Å². The molecule has 0 spiro atoms. The molecule has 0 heterocycles. The van der Waals surface area contributed by atoms with Crippen LogP contribution in [0, 0.1) is 0 Å². The Morgan fingerprint density at radius 2 is 1.68 bits per heavy atom. The van der Waals surface area contributed by atoms with E-state index in [1.54, 1.807) is 43.5 Å². The number of methoxy groups -OCH3 is 1. The van der Waals surface area contributed by atoms with Crippen LogP contribution < -0.4 is 14.8 Å². The number of hydrogen-bond acceptors (Lipinski definition) is 4. The average molecular weight is 439 g/mol. The molecule has 0 saturated carbocycles. The Morgan fingerprint density at radius 3 is 2.35 bits per heavy atom. The summed E-state index contributed by atoms with van der Waals surface area (Å²) in [7, 11) is -2.35. The standard InChI is InChI=1S/C24H26N2O4S/c1-4-18-16-20(14-15-23(18)30-3)31(28,29)26-22-13-9-8-12-21(22)24(27)25-17(2)19-10-6-5-7-11-19/h5-17,26H,4H2,1-3H3,(H,25,27). The molecule has 7 heteroatoms. The van der Waals surface area contributed by atoms with Crippen molar-refractivity contribution in [1.29, 1.82) is 0 Å². The SMILES string of the molecule is CCc1cc(S(=O)(=O)Nc2ccccc2C(=O)NC(C)c2ccccc2)ccc1OC. The molecule has 0 saturated heterocycles. The van der Waals surface area contributed by atoms with Crippen molar-refractivity contribution in [2.24, 2.45) is 0 Å². The summed E-state index contributed by atoms with van der Waals surface area (Å²) in [6.07, 6.45) is 0.628. The van der Waals surface area contributed by atoms with E-state index in [9.17, 15) is 13.2 Å². The van der Waals surface area contributed by atoms with Crippen LogP contribution in [-0.4, -0.2) is 21.4 Å². The first-order chi connectivity index (χ1) is 14.9. The fraction of sp³-hybridized carbons (Fsp3) is 0.208. The Hall–Kier alpha value is -3.32. The zero-order valence-corrected chi connectivity index (χ0v) is 18.6. The predicted octanol–water partition coefficient (Wildman–Crippen LogP) is 4.55. The van der Waals surface area contributed by atoms with E-state index in [2.05, 4.69) is 10.0 Å². The van der Waals surface area contributed by atoms with Crippen molar-refractivity contribution >= 4 is 21.6 Å². The Labute approximate surface area is 183 Å². The smallest absolute Gasteiger partial charge is 0.261 e. The number of amides is 1. The summed E-state index contributed by atoms with van der Waals surface area (Å²) in [4.78, 5) is 13.0. The lowest BCUT2D eigenvalue weighted by Crippen LogP contribution is -2.28. The third-order valence-corrected chi connectivity index (χ3v) is 6.37. The van der Waals surface area contributed by atoms with Gasteiger partial charge in [0.25, 0.3) is 15.9 Å². The van der Waals surface area contributed by atoms with Gasteiger partial charge in [-0.05, 0) is 54.8 Å². The fourth-order valence-electron chi connectivity index (χ4n) is 3.27. The van der Waals surface area contributed by atoms with Crippen LogP contribution in [-0.2, 0) is 16.4 Å². The molecule has 162 valence electrons. The Balaban J connectivity index is 1.85. The predicted molar refractivity (Wildman–Crippen MR) is 122 cm³/mol. The second kappa shape index (κ2) is 9.66. The number of sulfonamides is 1. The lowest BCUT2D eigenvalue weighted by atomic mass is 10.1. The van der Waals surface area contributed by atoms with E-state index in [1.165, 1.54) is 6.07 Å². The van der Waals surface area contributed by atoms with Gasteiger partial charge in [0, 0.05) is 0 Å². The minimum Gasteiger partial charge on any atom is -0.496 e. The van der Waals surface area contributed by atoms with Crippen molar-refractivity contribution in [3.05, 3.63) is 89.5 Å². The Kier molecular flexibility index (Phi) is 6.97. The van der Waals surface area contributed by atoms with Gasteiger partial charge in [-0.1, -0.05) is 49.4 Å². The van der Waals surface area contributed by atoms with Crippen LogP contribution in [0.5, 0.6) is 5.75 Å². The third kappa shape index (κ3) is 5.24. The van der Waals surface area contributed by atoms with Gasteiger partial charge in [-0.25, -0.2) is 8.42 Å². The highest BCUT2D eigenvalue weighted by Gasteiger charge is 2.21. The maximum absolute atomic E-state index is 13.0. The van der Waals surface area contributed by atoms with Crippen molar-refractivity contribution < 1.29 is 17.9 Å². The van der Waals surface area contributed by atoms with Crippen LogP contribution >= 0.6 is 0 Å². The van der Waals surface area contributed by atoms with E-state index in [-0.39, 0.29) is 28.1 Å². The van der Waals surface area contributed by atoms with Crippen LogP contribution in [0.25, 0.3) is 0 Å². The minimum absolute atomic E-state index is 0.109. The monoisotopic (exact) mass is 438 g/mol. The summed E-state index contributed by atoms with van der Waals surface area (Å²) in [6.45, 7) is 3.80. The fourth-order valence-corrected chi connectivity index (χ4v) is 4.40. The molecular weight excluding hydrogens is 412 g/mol. The molecule has 0 bridgehead atoms. The number of para-hydroxylation sites is 1. The molecule has 0 radical (unpaired) electrons. The number of ether oxygens (including phenoxy) is 1. The molecule has 0 aliphatic heterocycles. The van der Waals surface area contributed by atoms with Crippen molar-refractivity contribution in [2.45, 2.75) is 31.2 Å². The first-order valence-electron chi connectivity index (χ1n) is 10.00. The number of hydrogen-bond donors (Lipinski definition) is 2. The average Bonchev–Trinajstić information content (AvgIpc) is 2.79.